The molecule has 4 aliphatic rings. The molecule has 206 valence electrons. The molecular weight excluding hydrogens is 545 g/mol. The molecule has 39 heavy (non-hydrogen) atoms. The van der Waals surface area contributed by atoms with Crippen LogP contribution in [0.15, 0.2) is 29.0 Å². The van der Waals surface area contributed by atoms with Crippen LogP contribution in [-0.2, 0) is 11.3 Å². The normalized spacial score (nSPS) is 24.1. The number of fused-ring (bicyclic) bond motifs is 3. The van der Waals surface area contributed by atoms with Crippen molar-refractivity contribution in [2.45, 2.75) is 69.5 Å². The van der Waals surface area contributed by atoms with Gasteiger partial charge in [0.2, 0.25) is 5.88 Å². The van der Waals surface area contributed by atoms with E-state index in [2.05, 4.69) is 15.1 Å². The number of halogens is 2. The molecule has 7 rings (SSSR count). The fourth-order valence-electron chi connectivity index (χ4n) is 5.86. The Morgan fingerprint density at radius 3 is 2.41 bits per heavy atom. The van der Waals surface area contributed by atoms with Gasteiger partial charge in [-0.15, -0.1) is 0 Å². The van der Waals surface area contributed by atoms with Gasteiger partial charge in [-0.05, 0) is 51.4 Å². The Hall–Kier alpha value is -2.88. The third-order valence-corrected chi connectivity index (χ3v) is 9.04. The SMILES string of the molecule is COc1cc(OCC23CCC(OCc4c(-c5c(Cl)cncc5Cl)noc4C4CC4)(CC2)CC3)nc(C(=O)O)c1. The van der Waals surface area contributed by atoms with E-state index in [4.69, 9.17) is 41.9 Å². The van der Waals surface area contributed by atoms with Gasteiger partial charge in [-0.25, -0.2) is 9.78 Å². The smallest absolute Gasteiger partial charge is 0.354 e. The Labute approximate surface area is 235 Å². The number of aromatic carboxylic acids is 1. The second-order valence-electron chi connectivity index (χ2n) is 10.9. The summed E-state index contributed by atoms with van der Waals surface area (Å²) in [5, 5.41) is 14.6. The highest BCUT2D eigenvalue weighted by atomic mass is 35.5. The van der Waals surface area contributed by atoms with Crippen LogP contribution in [0.4, 0.5) is 0 Å². The number of nitrogens with zero attached hydrogens (tertiary/aromatic N) is 3. The zero-order chi connectivity index (χ0) is 27.2. The highest BCUT2D eigenvalue weighted by Gasteiger charge is 2.50. The minimum Gasteiger partial charge on any atom is -0.496 e. The molecule has 2 bridgehead atoms. The van der Waals surface area contributed by atoms with Gasteiger partial charge in [0.05, 0.1) is 36.0 Å². The molecule has 3 heterocycles. The first-order chi connectivity index (χ1) is 18.8. The molecule has 0 amide bonds. The molecule has 4 fully saturated rings. The van der Waals surface area contributed by atoms with E-state index in [0.717, 1.165) is 62.7 Å². The molecule has 0 radical (unpaired) electrons. The van der Waals surface area contributed by atoms with E-state index in [0.29, 0.717) is 46.2 Å². The maximum absolute atomic E-state index is 11.4. The molecule has 0 aliphatic heterocycles. The summed E-state index contributed by atoms with van der Waals surface area (Å²) in [5.74, 6) is 0.772. The van der Waals surface area contributed by atoms with E-state index in [1.807, 2.05) is 0 Å². The van der Waals surface area contributed by atoms with Crippen LogP contribution in [0.3, 0.4) is 0 Å². The van der Waals surface area contributed by atoms with Crippen LogP contribution in [0.2, 0.25) is 10.0 Å². The number of carboxylic acid groups (broad SMARTS) is 1. The highest BCUT2D eigenvalue weighted by Crippen LogP contribution is 2.55. The van der Waals surface area contributed by atoms with Crippen molar-refractivity contribution in [1.82, 2.24) is 15.1 Å². The lowest BCUT2D eigenvalue weighted by Gasteiger charge is -2.52. The average Bonchev–Trinajstić information content (AvgIpc) is 3.71. The molecule has 0 spiro atoms. The zero-order valence-corrected chi connectivity index (χ0v) is 23.1. The van der Waals surface area contributed by atoms with Crippen molar-refractivity contribution in [3.63, 3.8) is 0 Å². The number of rotatable bonds is 10. The van der Waals surface area contributed by atoms with Gasteiger partial charge in [-0.1, -0.05) is 28.4 Å². The molecule has 3 aromatic heterocycles. The van der Waals surface area contributed by atoms with Gasteiger partial charge in [-0.2, -0.15) is 0 Å². The summed E-state index contributed by atoms with van der Waals surface area (Å²) in [4.78, 5) is 19.6. The van der Waals surface area contributed by atoms with Crippen molar-refractivity contribution < 1.29 is 28.6 Å². The van der Waals surface area contributed by atoms with Crippen LogP contribution >= 0.6 is 23.2 Å². The number of carbonyl (C=O) groups is 1. The first-order valence-electron chi connectivity index (χ1n) is 13.1. The third kappa shape index (κ3) is 5.19. The van der Waals surface area contributed by atoms with Gasteiger partial charge in [-0.3, -0.25) is 4.98 Å². The maximum atomic E-state index is 11.4. The molecule has 4 aliphatic carbocycles. The summed E-state index contributed by atoms with van der Waals surface area (Å²) in [6.07, 6.45) is 10.9. The summed E-state index contributed by atoms with van der Waals surface area (Å²) in [6, 6.07) is 3.00. The van der Waals surface area contributed by atoms with Crippen LogP contribution in [0.5, 0.6) is 11.6 Å². The average molecular weight is 574 g/mol. The molecule has 0 saturated heterocycles. The van der Waals surface area contributed by atoms with Crippen LogP contribution in [0, 0.1) is 5.41 Å². The number of aromatic nitrogens is 3. The van der Waals surface area contributed by atoms with Crippen LogP contribution in [-0.4, -0.2) is 45.5 Å². The molecule has 11 heteroatoms. The minimum atomic E-state index is -1.12. The van der Waals surface area contributed by atoms with Gasteiger partial charge in [0.25, 0.3) is 0 Å². The second-order valence-corrected chi connectivity index (χ2v) is 11.7. The molecule has 0 atom stereocenters. The lowest BCUT2D eigenvalue weighted by atomic mass is 9.59. The highest BCUT2D eigenvalue weighted by molar-refractivity contribution is 6.38. The van der Waals surface area contributed by atoms with E-state index in [1.165, 1.54) is 13.2 Å². The lowest BCUT2D eigenvalue weighted by Crippen LogP contribution is -2.49. The summed E-state index contributed by atoms with van der Waals surface area (Å²) >= 11 is 12.9. The van der Waals surface area contributed by atoms with Gasteiger partial charge >= 0.3 is 5.97 Å². The van der Waals surface area contributed by atoms with Crippen LogP contribution < -0.4 is 9.47 Å². The number of hydrogen-bond donors (Lipinski definition) is 1. The van der Waals surface area contributed by atoms with Gasteiger partial charge < -0.3 is 23.8 Å². The van der Waals surface area contributed by atoms with Crippen molar-refractivity contribution in [3.05, 3.63) is 51.6 Å². The Bertz CT molecular complexity index is 1360. The quantitative estimate of drug-likeness (QED) is 0.282. The second kappa shape index (κ2) is 10.3. The van der Waals surface area contributed by atoms with Crippen molar-refractivity contribution in [1.29, 1.82) is 0 Å². The first-order valence-corrected chi connectivity index (χ1v) is 13.9. The van der Waals surface area contributed by atoms with Gasteiger partial charge in [0.1, 0.15) is 17.2 Å². The van der Waals surface area contributed by atoms with Crippen molar-refractivity contribution in [2.24, 2.45) is 5.41 Å². The number of hydrogen-bond acceptors (Lipinski definition) is 8. The molecule has 3 aromatic rings. The molecule has 1 N–H and O–H groups in total. The van der Waals surface area contributed by atoms with Crippen molar-refractivity contribution in [3.8, 4) is 22.9 Å². The van der Waals surface area contributed by atoms with Gasteiger partial charge in [0, 0.05) is 47.0 Å². The molecule has 4 saturated carbocycles. The van der Waals surface area contributed by atoms with Crippen molar-refractivity contribution >= 4 is 29.2 Å². The summed E-state index contributed by atoms with van der Waals surface area (Å²) < 4.78 is 23.8. The first kappa shape index (κ1) is 26.3. The van der Waals surface area contributed by atoms with Crippen LogP contribution in [0.1, 0.15) is 79.1 Å². The third-order valence-electron chi connectivity index (χ3n) is 8.47. The van der Waals surface area contributed by atoms with E-state index in [1.54, 1.807) is 18.5 Å². The number of ether oxygens (including phenoxy) is 3. The Balaban J connectivity index is 1.14. The fourth-order valence-corrected chi connectivity index (χ4v) is 6.40. The molecule has 9 nitrogen and oxygen atoms in total. The predicted molar refractivity (Wildman–Crippen MR) is 143 cm³/mol. The number of pyridine rings is 2. The molecular formula is C28H29Cl2N3O6. The Morgan fingerprint density at radius 2 is 1.79 bits per heavy atom. The van der Waals surface area contributed by atoms with Gasteiger partial charge in [0.15, 0.2) is 5.69 Å². The van der Waals surface area contributed by atoms with E-state index >= 15 is 0 Å². The van der Waals surface area contributed by atoms with E-state index < -0.39 is 5.97 Å². The zero-order valence-electron chi connectivity index (χ0n) is 21.5. The fraction of sp³-hybridized carbons (Fsp3) is 0.500. The maximum Gasteiger partial charge on any atom is 0.354 e. The van der Waals surface area contributed by atoms with E-state index in [-0.39, 0.29) is 22.6 Å². The Kier molecular flexibility index (Phi) is 6.93. The van der Waals surface area contributed by atoms with E-state index in [9.17, 15) is 9.90 Å². The summed E-state index contributed by atoms with van der Waals surface area (Å²) in [6.45, 7) is 0.859. The topological polar surface area (TPSA) is 117 Å². The summed E-state index contributed by atoms with van der Waals surface area (Å²) in [7, 11) is 1.49. The summed E-state index contributed by atoms with van der Waals surface area (Å²) in [5.41, 5.74) is 1.87. The molecule has 0 unspecified atom stereocenters. The minimum absolute atomic E-state index is 0.0128. The van der Waals surface area contributed by atoms with Crippen LogP contribution in [0.25, 0.3) is 11.3 Å². The number of carboxylic acids is 1. The molecule has 0 aromatic carbocycles. The van der Waals surface area contributed by atoms with Crippen molar-refractivity contribution in [2.75, 3.05) is 13.7 Å². The largest absolute Gasteiger partial charge is 0.496 e. The predicted octanol–water partition coefficient (Wildman–Crippen LogP) is 6.71. The Morgan fingerprint density at radius 1 is 1.10 bits per heavy atom. The number of methoxy groups -OCH3 is 1. The monoisotopic (exact) mass is 573 g/mol. The standard InChI is InChI=1S/C28H29Cl2N3O6/c1-36-17-10-21(26(34)35)32-22(11-17)37-15-27-4-7-28(8-5-27,9-6-27)38-14-18-24(33-39-25(18)16-2-3-16)23-19(29)12-31-13-20(23)30/h10-13,16H,2-9,14-15H2,1H3,(H,34,35). The lowest BCUT2D eigenvalue weighted by molar-refractivity contribution is -0.150.